The standard InChI is InChI=1S/C18H18ClNOS/c1-13-12-14-4-2-3-5-17(14)20(13)18(21)10-11-22-16-8-6-15(19)7-9-16/h2-9,13H,10-12H2,1H3/t13-/m0/s1. The molecular formula is C18H18ClNOS. The minimum atomic E-state index is 0.207. The molecule has 0 N–H and O–H groups in total. The number of carbonyl (C=O) groups excluding carboxylic acids is 1. The van der Waals surface area contributed by atoms with Crippen molar-refractivity contribution in [3.8, 4) is 0 Å². The molecule has 1 aliphatic heterocycles. The molecular weight excluding hydrogens is 314 g/mol. The Morgan fingerprint density at radius 2 is 1.95 bits per heavy atom. The Kier molecular flexibility index (Phi) is 4.74. The molecule has 0 spiro atoms. The number of carbonyl (C=O) groups is 1. The summed E-state index contributed by atoms with van der Waals surface area (Å²) in [6, 6.07) is 16.2. The number of amides is 1. The SMILES string of the molecule is C[C@H]1Cc2ccccc2N1C(=O)CCSc1ccc(Cl)cc1. The molecule has 1 atom stereocenters. The third-order valence-corrected chi connectivity index (χ3v) is 5.14. The normalized spacial score (nSPS) is 16.6. The number of hydrogen-bond donors (Lipinski definition) is 0. The van der Waals surface area contributed by atoms with Gasteiger partial charge in [-0.1, -0.05) is 29.8 Å². The van der Waals surface area contributed by atoms with Gasteiger partial charge < -0.3 is 4.90 Å². The fourth-order valence-electron chi connectivity index (χ4n) is 2.85. The summed E-state index contributed by atoms with van der Waals surface area (Å²) < 4.78 is 0. The van der Waals surface area contributed by atoms with Crippen molar-refractivity contribution in [2.24, 2.45) is 0 Å². The Morgan fingerprint density at radius 3 is 2.73 bits per heavy atom. The molecule has 1 aliphatic rings. The van der Waals surface area contributed by atoms with E-state index < -0.39 is 0 Å². The summed E-state index contributed by atoms with van der Waals surface area (Å²) in [7, 11) is 0. The maximum Gasteiger partial charge on any atom is 0.228 e. The lowest BCUT2D eigenvalue weighted by Gasteiger charge is -2.22. The molecule has 2 nitrogen and oxygen atoms in total. The Balaban J connectivity index is 1.59. The van der Waals surface area contributed by atoms with Crippen LogP contribution in [0.2, 0.25) is 5.02 Å². The molecule has 2 aromatic rings. The predicted molar refractivity (Wildman–Crippen MR) is 93.9 cm³/mol. The average molecular weight is 332 g/mol. The lowest BCUT2D eigenvalue weighted by molar-refractivity contribution is -0.118. The third-order valence-electron chi connectivity index (χ3n) is 3.87. The van der Waals surface area contributed by atoms with E-state index in [0.29, 0.717) is 6.42 Å². The molecule has 0 aliphatic carbocycles. The summed E-state index contributed by atoms with van der Waals surface area (Å²) in [5.41, 5.74) is 2.35. The van der Waals surface area contributed by atoms with Crippen LogP contribution >= 0.6 is 23.4 Å². The Hall–Kier alpha value is -1.45. The number of hydrogen-bond acceptors (Lipinski definition) is 2. The lowest BCUT2D eigenvalue weighted by atomic mass is 10.1. The van der Waals surface area contributed by atoms with Crippen molar-refractivity contribution in [2.75, 3.05) is 10.7 Å². The summed E-state index contributed by atoms with van der Waals surface area (Å²) in [4.78, 5) is 15.7. The smallest absolute Gasteiger partial charge is 0.228 e. The van der Waals surface area contributed by atoms with Gasteiger partial charge in [0, 0.05) is 33.8 Å². The first-order valence-electron chi connectivity index (χ1n) is 7.43. The van der Waals surface area contributed by atoms with E-state index >= 15 is 0 Å². The highest BCUT2D eigenvalue weighted by Gasteiger charge is 2.29. The van der Waals surface area contributed by atoms with E-state index in [9.17, 15) is 4.79 Å². The van der Waals surface area contributed by atoms with Crippen LogP contribution in [0.1, 0.15) is 18.9 Å². The Morgan fingerprint density at radius 1 is 1.23 bits per heavy atom. The van der Waals surface area contributed by atoms with Crippen LogP contribution in [0.15, 0.2) is 53.4 Å². The van der Waals surface area contributed by atoms with Gasteiger partial charge in [0.1, 0.15) is 0 Å². The van der Waals surface area contributed by atoms with E-state index in [2.05, 4.69) is 13.0 Å². The molecule has 22 heavy (non-hydrogen) atoms. The van der Waals surface area contributed by atoms with Crippen LogP contribution in [0.5, 0.6) is 0 Å². The van der Waals surface area contributed by atoms with Gasteiger partial charge in [-0.3, -0.25) is 4.79 Å². The summed E-state index contributed by atoms with van der Waals surface area (Å²) in [6.45, 7) is 2.12. The number of benzene rings is 2. The van der Waals surface area contributed by atoms with E-state index in [1.807, 2.05) is 47.4 Å². The Labute approximate surface area is 140 Å². The van der Waals surface area contributed by atoms with Gasteiger partial charge in [-0.15, -0.1) is 11.8 Å². The van der Waals surface area contributed by atoms with E-state index in [-0.39, 0.29) is 11.9 Å². The number of fused-ring (bicyclic) bond motifs is 1. The van der Waals surface area contributed by atoms with Gasteiger partial charge in [-0.25, -0.2) is 0 Å². The van der Waals surface area contributed by atoms with Crippen molar-refractivity contribution in [1.82, 2.24) is 0 Å². The van der Waals surface area contributed by atoms with E-state index in [4.69, 9.17) is 11.6 Å². The summed E-state index contributed by atoms with van der Waals surface area (Å²) >= 11 is 7.57. The van der Waals surface area contributed by atoms with Crippen molar-refractivity contribution in [1.29, 1.82) is 0 Å². The van der Waals surface area contributed by atoms with Gasteiger partial charge >= 0.3 is 0 Å². The molecule has 1 heterocycles. The number of halogens is 1. The average Bonchev–Trinajstić information content (AvgIpc) is 2.85. The third kappa shape index (κ3) is 3.31. The minimum absolute atomic E-state index is 0.207. The van der Waals surface area contributed by atoms with Crippen molar-refractivity contribution in [3.05, 3.63) is 59.1 Å². The van der Waals surface area contributed by atoms with Gasteiger partial charge in [0.05, 0.1) is 0 Å². The fourth-order valence-corrected chi connectivity index (χ4v) is 3.82. The maximum atomic E-state index is 12.6. The van der Waals surface area contributed by atoms with Gasteiger partial charge in [-0.05, 0) is 49.2 Å². The molecule has 0 aromatic heterocycles. The van der Waals surface area contributed by atoms with Gasteiger partial charge in [0.25, 0.3) is 0 Å². The highest BCUT2D eigenvalue weighted by atomic mass is 35.5. The summed E-state index contributed by atoms with van der Waals surface area (Å²) in [5.74, 6) is 0.991. The zero-order valence-corrected chi connectivity index (χ0v) is 14.0. The van der Waals surface area contributed by atoms with E-state index in [0.717, 1.165) is 27.8 Å². The first-order valence-corrected chi connectivity index (χ1v) is 8.80. The van der Waals surface area contributed by atoms with E-state index in [1.165, 1.54) is 5.56 Å². The van der Waals surface area contributed by atoms with Crippen molar-refractivity contribution >= 4 is 35.0 Å². The molecule has 0 saturated heterocycles. The quantitative estimate of drug-likeness (QED) is 0.750. The number of thioether (sulfide) groups is 1. The van der Waals surface area contributed by atoms with Crippen molar-refractivity contribution < 1.29 is 4.79 Å². The highest BCUT2D eigenvalue weighted by molar-refractivity contribution is 7.99. The second-order valence-electron chi connectivity index (χ2n) is 5.50. The fraction of sp³-hybridized carbons (Fsp3) is 0.278. The van der Waals surface area contributed by atoms with Gasteiger partial charge in [-0.2, -0.15) is 0 Å². The largest absolute Gasteiger partial charge is 0.309 e. The number of para-hydroxylation sites is 1. The number of rotatable bonds is 4. The van der Waals surface area contributed by atoms with Crippen LogP contribution in [-0.4, -0.2) is 17.7 Å². The summed E-state index contributed by atoms with van der Waals surface area (Å²) in [5, 5.41) is 0.739. The molecule has 0 radical (unpaired) electrons. The monoisotopic (exact) mass is 331 g/mol. The molecule has 0 saturated carbocycles. The van der Waals surface area contributed by atoms with Crippen LogP contribution < -0.4 is 4.90 Å². The first-order chi connectivity index (χ1) is 10.6. The molecule has 0 unspecified atom stereocenters. The van der Waals surface area contributed by atoms with Gasteiger partial charge in [0.15, 0.2) is 0 Å². The first kappa shape index (κ1) is 15.4. The van der Waals surface area contributed by atoms with Crippen LogP contribution in [0, 0.1) is 0 Å². The molecule has 4 heteroatoms. The molecule has 1 amide bonds. The molecule has 2 aromatic carbocycles. The van der Waals surface area contributed by atoms with Crippen LogP contribution in [0.4, 0.5) is 5.69 Å². The highest BCUT2D eigenvalue weighted by Crippen LogP contribution is 2.32. The Bertz CT molecular complexity index is 671. The van der Waals surface area contributed by atoms with Crippen LogP contribution in [0.25, 0.3) is 0 Å². The summed E-state index contributed by atoms with van der Waals surface area (Å²) in [6.07, 6.45) is 1.50. The number of nitrogens with zero attached hydrogens (tertiary/aromatic N) is 1. The zero-order chi connectivity index (χ0) is 15.5. The van der Waals surface area contributed by atoms with Gasteiger partial charge in [0.2, 0.25) is 5.91 Å². The minimum Gasteiger partial charge on any atom is -0.309 e. The second kappa shape index (κ2) is 6.76. The predicted octanol–water partition coefficient (Wildman–Crippen LogP) is 4.80. The van der Waals surface area contributed by atoms with Crippen LogP contribution in [-0.2, 0) is 11.2 Å². The molecule has 3 rings (SSSR count). The second-order valence-corrected chi connectivity index (χ2v) is 7.10. The lowest BCUT2D eigenvalue weighted by Crippen LogP contribution is -2.35. The molecule has 114 valence electrons. The van der Waals surface area contributed by atoms with Crippen molar-refractivity contribution in [3.63, 3.8) is 0 Å². The molecule has 0 bridgehead atoms. The molecule has 0 fully saturated rings. The maximum absolute atomic E-state index is 12.6. The van der Waals surface area contributed by atoms with Crippen LogP contribution in [0.3, 0.4) is 0 Å². The number of anilines is 1. The zero-order valence-electron chi connectivity index (χ0n) is 12.5. The van der Waals surface area contributed by atoms with Crippen molar-refractivity contribution in [2.45, 2.75) is 30.7 Å². The van der Waals surface area contributed by atoms with E-state index in [1.54, 1.807) is 11.8 Å². The topological polar surface area (TPSA) is 20.3 Å².